The van der Waals surface area contributed by atoms with Crippen molar-refractivity contribution in [1.29, 1.82) is 0 Å². The van der Waals surface area contributed by atoms with Gasteiger partial charge in [-0.15, -0.1) is 0 Å². The van der Waals surface area contributed by atoms with E-state index in [-0.39, 0.29) is 5.41 Å². The number of hydrogen-bond acceptors (Lipinski definition) is 4. The van der Waals surface area contributed by atoms with Crippen LogP contribution in [0.3, 0.4) is 0 Å². The summed E-state index contributed by atoms with van der Waals surface area (Å²) in [4.78, 5) is 4.96. The third-order valence-corrected chi connectivity index (χ3v) is 5.85. The van der Waals surface area contributed by atoms with Crippen molar-refractivity contribution >= 4 is 35.4 Å². The summed E-state index contributed by atoms with van der Waals surface area (Å²) in [5.74, 6) is 0.785. The van der Waals surface area contributed by atoms with Crippen LogP contribution in [0.15, 0.2) is 72.8 Å². The summed E-state index contributed by atoms with van der Waals surface area (Å²) in [5, 5.41) is 1.76. The molecule has 0 aliphatic rings. The topological polar surface area (TPSA) is 40.6 Å². The van der Waals surface area contributed by atoms with Crippen LogP contribution in [0.4, 0.5) is 0 Å². The summed E-state index contributed by atoms with van der Waals surface area (Å²) >= 11 is 6.10. The van der Waals surface area contributed by atoms with Gasteiger partial charge >= 0.3 is 7.48 Å². The average molecular weight is 473 g/mol. The monoisotopic (exact) mass is 472 g/mol. The van der Waals surface area contributed by atoms with E-state index in [9.17, 15) is 0 Å². The van der Waals surface area contributed by atoms with Gasteiger partial charge in [-0.3, -0.25) is 0 Å². The summed E-state index contributed by atoms with van der Waals surface area (Å²) in [6.07, 6.45) is 0. The van der Waals surface area contributed by atoms with E-state index >= 15 is 0 Å². The van der Waals surface area contributed by atoms with Gasteiger partial charge in [-0.2, -0.15) is 0 Å². The molecule has 0 aliphatic carbocycles. The first kappa shape index (κ1) is 24.3. The third-order valence-electron chi connectivity index (χ3n) is 5.60. The van der Waals surface area contributed by atoms with Gasteiger partial charge in [-0.05, 0) is 52.9 Å². The maximum Gasteiger partial charge on any atom is 0.330 e. The molecule has 0 bridgehead atoms. The van der Waals surface area contributed by atoms with Gasteiger partial charge < -0.3 is 14.1 Å². The molecule has 0 atom stereocenters. The Labute approximate surface area is 207 Å². The highest BCUT2D eigenvalue weighted by Gasteiger charge is 2.18. The maximum atomic E-state index is 6.10. The normalized spacial score (nSPS) is 11.6. The molecule has 34 heavy (non-hydrogen) atoms. The number of rotatable bonds is 9. The van der Waals surface area contributed by atoms with Crippen molar-refractivity contribution in [2.75, 3.05) is 27.4 Å². The standard InChI is InChI=1S/C28H28BClNO3/c1-28(2,17-32-3)18-34-29-21-8-14-26-20(15-21)7-13-27(31-26)25-16-23(33-4)11-12-24(25)19-5-9-22(30)10-6-19/h5-16H,17-18H2,1-4H3. The third kappa shape index (κ3) is 5.79. The summed E-state index contributed by atoms with van der Waals surface area (Å²) in [6, 6.07) is 24.1. The van der Waals surface area contributed by atoms with Crippen molar-refractivity contribution in [2.45, 2.75) is 13.8 Å². The van der Waals surface area contributed by atoms with Gasteiger partial charge in [0.15, 0.2) is 0 Å². The van der Waals surface area contributed by atoms with Crippen molar-refractivity contribution in [3.8, 4) is 28.1 Å². The summed E-state index contributed by atoms with van der Waals surface area (Å²) < 4.78 is 16.6. The molecule has 4 rings (SSSR count). The van der Waals surface area contributed by atoms with Gasteiger partial charge in [0, 0.05) is 29.7 Å². The molecule has 6 heteroatoms. The van der Waals surface area contributed by atoms with Gasteiger partial charge in [0.05, 0.1) is 24.9 Å². The van der Waals surface area contributed by atoms with Crippen LogP contribution in [0.2, 0.25) is 5.02 Å². The van der Waals surface area contributed by atoms with Crippen LogP contribution in [0.25, 0.3) is 33.3 Å². The molecule has 0 spiro atoms. The van der Waals surface area contributed by atoms with Crippen molar-refractivity contribution in [1.82, 2.24) is 4.98 Å². The highest BCUT2D eigenvalue weighted by atomic mass is 35.5. The fourth-order valence-electron chi connectivity index (χ4n) is 3.91. The van der Waals surface area contributed by atoms with Crippen LogP contribution < -0.4 is 10.2 Å². The van der Waals surface area contributed by atoms with Gasteiger partial charge in [0.2, 0.25) is 0 Å². The van der Waals surface area contributed by atoms with Gasteiger partial charge in [0.25, 0.3) is 0 Å². The molecule has 0 aliphatic heterocycles. The van der Waals surface area contributed by atoms with Crippen LogP contribution in [-0.4, -0.2) is 39.9 Å². The Morgan fingerprint density at radius 3 is 2.38 bits per heavy atom. The first-order valence-electron chi connectivity index (χ1n) is 11.2. The number of hydrogen-bond donors (Lipinski definition) is 0. The van der Waals surface area contributed by atoms with Gasteiger partial charge in [-0.25, -0.2) is 4.98 Å². The zero-order valence-electron chi connectivity index (χ0n) is 20.0. The lowest BCUT2D eigenvalue weighted by atomic mass is 9.86. The SMILES string of the molecule is COCC(C)(C)CO[B]c1ccc2nc(-c3cc(OC)ccc3-c3ccc(Cl)cc3)ccc2c1. The fourth-order valence-corrected chi connectivity index (χ4v) is 4.03. The van der Waals surface area contributed by atoms with Crippen molar-refractivity contribution in [2.24, 2.45) is 5.41 Å². The van der Waals surface area contributed by atoms with Crippen molar-refractivity contribution in [3.63, 3.8) is 0 Å². The molecule has 0 fully saturated rings. The Bertz CT molecular complexity index is 1270. The molecule has 4 aromatic rings. The van der Waals surface area contributed by atoms with E-state index in [1.165, 1.54) is 0 Å². The zero-order valence-corrected chi connectivity index (χ0v) is 20.7. The lowest BCUT2D eigenvalue weighted by Gasteiger charge is -2.23. The van der Waals surface area contributed by atoms with E-state index in [2.05, 4.69) is 32.0 Å². The minimum atomic E-state index is -0.0446. The Morgan fingerprint density at radius 1 is 0.853 bits per heavy atom. The highest BCUT2D eigenvalue weighted by molar-refractivity contribution is 6.47. The van der Waals surface area contributed by atoms with Crippen LogP contribution in [0, 0.1) is 5.41 Å². The second-order valence-corrected chi connectivity index (χ2v) is 9.53. The second kappa shape index (κ2) is 10.6. The number of pyridine rings is 1. The number of fused-ring (bicyclic) bond motifs is 1. The van der Waals surface area contributed by atoms with Crippen LogP contribution in [-0.2, 0) is 9.39 Å². The van der Waals surface area contributed by atoms with E-state index in [0.717, 1.165) is 44.5 Å². The zero-order chi connectivity index (χ0) is 24.1. The molecule has 4 nitrogen and oxygen atoms in total. The molecule has 1 radical (unpaired) electrons. The summed E-state index contributed by atoms with van der Waals surface area (Å²) in [6.45, 7) is 5.47. The minimum absolute atomic E-state index is 0.0446. The molecule has 0 saturated carbocycles. The summed E-state index contributed by atoms with van der Waals surface area (Å²) in [7, 11) is 5.18. The minimum Gasteiger partial charge on any atom is -0.497 e. The second-order valence-electron chi connectivity index (χ2n) is 9.09. The predicted molar refractivity (Wildman–Crippen MR) is 141 cm³/mol. The molecule has 0 N–H and O–H groups in total. The molecule has 1 aromatic heterocycles. The number of nitrogens with zero attached hydrogens (tertiary/aromatic N) is 1. The predicted octanol–water partition coefficient (Wildman–Crippen LogP) is 6.16. The van der Waals surface area contributed by atoms with E-state index in [1.54, 1.807) is 21.7 Å². The van der Waals surface area contributed by atoms with Crippen LogP contribution in [0.5, 0.6) is 5.75 Å². The molecule has 173 valence electrons. The first-order chi connectivity index (χ1) is 16.4. The Morgan fingerprint density at radius 2 is 1.65 bits per heavy atom. The smallest absolute Gasteiger partial charge is 0.330 e. The van der Waals surface area contributed by atoms with Crippen LogP contribution in [0.1, 0.15) is 13.8 Å². The maximum absolute atomic E-state index is 6.10. The van der Waals surface area contributed by atoms with Gasteiger partial charge in [0.1, 0.15) is 5.75 Å². The fraction of sp³-hybridized carbons (Fsp3) is 0.250. The number of ether oxygens (including phenoxy) is 2. The lowest BCUT2D eigenvalue weighted by Crippen LogP contribution is -2.28. The van der Waals surface area contributed by atoms with E-state index < -0.39 is 0 Å². The Balaban J connectivity index is 1.62. The van der Waals surface area contributed by atoms with Crippen molar-refractivity contribution in [3.05, 3.63) is 77.8 Å². The molecule has 0 amide bonds. The van der Waals surface area contributed by atoms with E-state index in [1.807, 2.05) is 54.6 Å². The average Bonchev–Trinajstić information content (AvgIpc) is 2.83. The number of aromatic nitrogens is 1. The Hall–Kier alpha value is -2.86. The molecular weight excluding hydrogens is 445 g/mol. The first-order valence-corrected chi connectivity index (χ1v) is 11.6. The van der Waals surface area contributed by atoms with Crippen LogP contribution >= 0.6 is 11.6 Å². The number of benzene rings is 3. The van der Waals surface area contributed by atoms with E-state index in [4.69, 9.17) is 30.7 Å². The number of halogens is 1. The highest BCUT2D eigenvalue weighted by Crippen LogP contribution is 2.35. The lowest BCUT2D eigenvalue weighted by molar-refractivity contribution is 0.0664. The molecule has 1 heterocycles. The van der Waals surface area contributed by atoms with E-state index in [0.29, 0.717) is 18.2 Å². The summed E-state index contributed by atoms with van der Waals surface area (Å²) in [5.41, 5.74) is 5.90. The molecule has 0 saturated heterocycles. The quantitative estimate of drug-likeness (QED) is 0.273. The molecular formula is C28H28BClNO3. The number of methoxy groups -OCH3 is 2. The Kier molecular flexibility index (Phi) is 7.57. The van der Waals surface area contributed by atoms with Gasteiger partial charge in [-0.1, -0.05) is 67.3 Å². The molecule has 3 aromatic carbocycles. The molecule has 0 unspecified atom stereocenters. The van der Waals surface area contributed by atoms with Crippen molar-refractivity contribution < 1.29 is 14.1 Å². The largest absolute Gasteiger partial charge is 0.497 e.